The van der Waals surface area contributed by atoms with Gasteiger partial charge in [-0.25, -0.2) is 4.68 Å². The molecule has 25 heavy (non-hydrogen) atoms. The minimum Gasteiger partial charge on any atom is -0.382 e. The van der Waals surface area contributed by atoms with Crippen LogP contribution in [0.25, 0.3) is 0 Å². The predicted molar refractivity (Wildman–Crippen MR) is 93.0 cm³/mol. The van der Waals surface area contributed by atoms with Gasteiger partial charge in [-0.2, -0.15) is 0 Å². The molecule has 1 N–H and O–H groups in total. The van der Waals surface area contributed by atoms with Gasteiger partial charge in [-0.15, -0.1) is 5.10 Å². The highest BCUT2D eigenvalue weighted by molar-refractivity contribution is 5.98. The van der Waals surface area contributed by atoms with Crippen LogP contribution in [0.5, 0.6) is 0 Å². The smallest absolute Gasteiger partial charge is 0.251 e. The Morgan fingerprint density at radius 1 is 1.04 bits per heavy atom. The quantitative estimate of drug-likeness (QED) is 0.795. The van der Waals surface area contributed by atoms with Gasteiger partial charge in [-0.3, -0.25) is 4.79 Å². The Balaban J connectivity index is 1.54. The maximum atomic E-state index is 12.7. The Hall–Kier alpha value is -2.99. The molecule has 2 heterocycles. The zero-order valence-corrected chi connectivity index (χ0v) is 13.6. The van der Waals surface area contributed by atoms with Crippen molar-refractivity contribution in [3.05, 3.63) is 78.1 Å². The lowest BCUT2D eigenvalue weighted by atomic mass is 10.1. The van der Waals surface area contributed by atoms with E-state index in [1.807, 2.05) is 60.7 Å². The highest BCUT2D eigenvalue weighted by Crippen LogP contribution is 2.28. The second-order valence-corrected chi connectivity index (χ2v) is 6.07. The van der Waals surface area contributed by atoms with E-state index in [1.165, 1.54) is 0 Å². The summed E-state index contributed by atoms with van der Waals surface area (Å²) < 4.78 is 1.56. The first-order valence-electron chi connectivity index (χ1n) is 8.25. The molecule has 0 spiro atoms. The topological polar surface area (TPSA) is 71.2 Å². The molecule has 0 radical (unpaired) electrons. The third-order valence-corrected chi connectivity index (χ3v) is 4.49. The number of rotatable bonds is 4. The molecule has 1 aromatic heterocycles. The molecule has 2 atom stereocenters. The number of carbonyl (C=O) groups excluding carboxylic acids is 1. The molecule has 1 saturated heterocycles. The van der Waals surface area contributed by atoms with E-state index in [0.717, 1.165) is 11.3 Å². The highest BCUT2D eigenvalue weighted by atomic mass is 16.3. The number of nitrogens with zero attached hydrogens (tertiary/aromatic N) is 4. The minimum absolute atomic E-state index is 0.00292. The Morgan fingerprint density at radius 3 is 2.44 bits per heavy atom. The molecule has 1 aliphatic rings. The SMILES string of the molecule is O=C1C(n2cc(C(O)c3ccccc3)nn2)CCN1c1ccccc1. The number of aliphatic hydroxyl groups excluding tert-OH is 1. The molecule has 3 aromatic rings. The Kier molecular flexibility index (Phi) is 4.03. The molecule has 126 valence electrons. The zero-order chi connectivity index (χ0) is 17.2. The van der Waals surface area contributed by atoms with E-state index in [4.69, 9.17) is 0 Å². The number of benzene rings is 2. The van der Waals surface area contributed by atoms with Crippen molar-refractivity contribution in [3.8, 4) is 0 Å². The maximum absolute atomic E-state index is 12.7. The normalized spacial score (nSPS) is 18.5. The average Bonchev–Trinajstić information content (AvgIpc) is 3.29. The van der Waals surface area contributed by atoms with Crippen LogP contribution < -0.4 is 4.90 Å². The number of para-hydroxylation sites is 1. The Bertz CT molecular complexity index is 863. The lowest BCUT2D eigenvalue weighted by Gasteiger charge is -2.16. The van der Waals surface area contributed by atoms with Gasteiger partial charge in [0.05, 0.1) is 6.20 Å². The number of aliphatic hydroxyl groups is 1. The third kappa shape index (κ3) is 2.92. The van der Waals surface area contributed by atoms with Crippen molar-refractivity contribution >= 4 is 11.6 Å². The summed E-state index contributed by atoms with van der Waals surface area (Å²) in [6, 6.07) is 18.5. The summed E-state index contributed by atoms with van der Waals surface area (Å²) in [6.07, 6.45) is 1.48. The van der Waals surface area contributed by atoms with Crippen molar-refractivity contribution in [2.24, 2.45) is 0 Å². The van der Waals surface area contributed by atoms with Crippen molar-refractivity contribution in [2.75, 3.05) is 11.4 Å². The number of aromatic nitrogens is 3. The summed E-state index contributed by atoms with van der Waals surface area (Å²) in [5.74, 6) is -0.00292. The first kappa shape index (κ1) is 15.5. The fourth-order valence-corrected chi connectivity index (χ4v) is 3.15. The van der Waals surface area contributed by atoms with Crippen LogP contribution in [0, 0.1) is 0 Å². The lowest BCUT2D eigenvalue weighted by molar-refractivity contribution is -0.120. The van der Waals surface area contributed by atoms with Crippen LogP contribution in [0.4, 0.5) is 5.69 Å². The van der Waals surface area contributed by atoms with Gasteiger partial charge in [0.15, 0.2) is 0 Å². The van der Waals surface area contributed by atoms with Gasteiger partial charge in [0.25, 0.3) is 5.91 Å². The monoisotopic (exact) mass is 334 g/mol. The number of anilines is 1. The standard InChI is InChI=1S/C19H18N4O2/c24-18(14-7-3-1-4-8-14)16-13-23(21-20-16)17-11-12-22(19(17)25)15-9-5-2-6-10-15/h1-10,13,17-18,24H,11-12H2. The largest absolute Gasteiger partial charge is 0.382 e. The molecule has 2 unspecified atom stereocenters. The van der Waals surface area contributed by atoms with Crippen molar-refractivity contribution in [3.63, 3.8) is 0 Å². The number of carbonyl (C=O) groups is 1. The number of hydrogen-bond acceptors (Lipinski definition) is 4. The van der Waals surface area contributed by atoms with E-state index in [2.05, 4.69) is 10.3 Å². The van der Waals surface area contributed by atoms with Crippen molar-refractivity contribution in [1.82, 2.24) is 15.0 Å². The molecule has 4 rings (SSSR count). The van der Waals surface area contributed by atoms with Crippen molar-refractivity contribution < 1.29 is 9.90 Å². The summed E-state index contributed by atoms with van der Waals surface area (Å²) in [6.45, 7) is 0.643. The summed E-state index contributed by atoms with van der Waals surface area (Å²) in [5, 5.41) is 18.6. The van der Waals surface area contributed by atoms with Crippen LogP contribution >= 0.6 is 0 Å². The van der Waals surface area contributed by atoms with Crippen LogP contribution in [-0.2, 0) is 4.79 Å². The second-order valence-electron chi connectivity index (χ2n) is 6.07. The van der Waals surface area contributed by atoms with Crippen LogP contribution in [-0.4, -0.2) is 32.6 Å². The molecule has 1 aliphatic heterocycles. The molecule has 0 bridgehead atoms. The molecular weight excluding hydrogens is 316 g/mol. The third-order valence-electron chi connectivity index (χ3n) is 4.49. The maximum Gasteiger partial charge on any atom is 0.251 e. The first-order chi connectivity index (χ1) is 12.2. The van der Waals surface area contributed by atoms with E-state index in [1.54, 1.807) is 15.8 Å². The average molecular weight is 334 g/mol. The first-order valence-corrected chi connectivity index (χ1v) is 8.25. The summed E-state index contributed by atoms with van der Waals surface area (Å²) in [7, 11) is 0. The van der Waals surface area contributed by atoms with E-state index in [0.29, 0.717) is 18.7 Å². The Labute approximate surface area is 145 Å². The molecule has 6 nitrogen and oxygen atoms in total. The fourth-order valence-electron chi connectivity index (χ4n) is 3.15. The lowest BCUT2D eigenvalue weighted by Crippen LogP contribution is -2.28. The summed E-state index contributed by atoms with van der Waals surface area (Å²) in [4.78, 5) is 14.5. The molecule has 0 saturated carbocycles. The van der Waals surface area contributed by atoms with Gasteiger partial charge in [0.1, 0.15) is 17.8 Å². The van der Waals surface area contributed by atoms with Crippen LogP contribution in [0.15, 0.2) is 66.9 Å². The predicted octanol–water partition coefficient (Wildman–Crippen LogP) is 2.34. The van der Waals surface area contributed by atoms with Crippen molar-refractivity contribution in [1.29, 1.82) is 0 Å². The number of amides is 1. The summed E-state index contributed by atoms with van der Waals surface area (Å²) in [5.41, 5.74) is 2.08. The second kappa shape index (κ2) is 6.49. The van der Waals surface area contributed by atoms with Crippen LogP contribution in [0.2, 0.25) is 0 Å². The Morgan fingerprint density at radius 2 is 1.72 bits per heavy atom. The van der Waals surface area contributed by atoms with E-state index in [-0.39, 0.29) is 11.9 Å². The summed E-state index contributed by atoms with van der Waals surface area (Å²) >= 11 is 0. The molecule has 2 aromatic carbocycles. The van der Waals surface area contributed by atoms with E-state index >= 15 is 0 Å². The van der Waals surface area contributed by atoms with Gasteiger partial charge in [-0.05, 0) is 24.1 Å². The molecule has 1 amide bonds. The minimum atomic E-state index is -0.850. The zero-order valence-electron chi connectivity index (χ0n) is 13.6. The van der Waals surface area contributed by atoms with E-state index in [9.17, 15) is 9.90 Å². The van der Waals surface area contributed by atoms with Gasteiger partial charge < -0.3 is 10.0 Å². The van der Waals surface area contributed by atoms with Gasteiger partial charge in [0.2, 0.25) is 0 Å². The van der Waals surface area contributed by atoms with Crippen LogP contribution in [0.1, 0.15) is 29.8 Å². The highest BCUT2D eigenvalue weighted by Gasteiger charge is 2.35. The van der Waals surface area contributed by atoms with Crippen molar-refractivity contribution in [2.45, 2.75) is 18.6 Å². The molecule has 1 fully saturated rings. The number of hydrogen-bond donors (Lipinski definition) is 1. The van der Waals surface area contributed by atoms with E-state index < -0.39 is 6.10 Å². The molecule has 6 heteroatoms. The van der Waals surface area contributed by atoms with Gasteiger partial charge in [-0.1, -0.05) is 53.7 Å². The fraction of sp³-hybridized carbons (Fsp3) is 0.211. The van der Waals surface area contributed by atoms with Gasteiger partial charge >= 0.3 is 0 Å². The van der Waals surface area contributed by atoms with Crippen LogP contribution in [0.3, 0.4) is 0 Å². The van der Waals surface area contributed by atoms with Gasteiger partial charge in [0, 0.05) is 12.2 Å². The molecular formula is C19H18N4O2. The molecule has 0 aliphatic carbocycles.